The van der Waals surface area contributed by atoms with Crippen molar-refractivity contribution in [3.05, 3.63) is 68.7 Å². The smallest absolute Gasteiger partial charge is 0.316 e. The molecule has 1 fully saturated rings. The van der Waals surface area contributed by atoms with Gasteiger partial charge in [-0.1, -0.05) is 41.4 Å². The Morgan fingerprint density at radius 3 is 2.67 bits per heavy atom. The second kappa shape index (κ2) is 9.62. The molecule has 0 aromatic heterocycles. The molecule has 0 radical (unpaired) electrons. The molecule has 3 N–H and O–H groups in total. The van der Waals surface area contributed by atoms with Gasteiger partial charge in [0.05, 0.1) is 15.4 Å². The van der Waals surface area contributed by atoms with E-state index in [2.05, 4.69) is 28.6 Å². The van der Waals surface area contributed by atoms with Crippen molar-refractivity contribution in [2.75, 3.05) is 0 Å². The molecule has 2 unspecified atom stereocenters. The zero-order valence-corrected chi connectivity index (χ0v) is 19.6. The predicted molar refractivity (Wildman–Crippen MR) is 126 cm³/mol. The molecule has 5 amide bonds. The van der Waals surface area contributed by atoms with Gasteiger partial charge in [-0.05, 0) is 41.3 Å². The lowest BCUT2D eigenvalue weighted by Gasteiger charge is -2.29. The maximum absolute atomic E-state index is 12.8. The molecule has 11 heteroatoms. The van der Waals surface area contributed by atoms with Crippen molar-refractivity contribution in [1.82, 2.24) is 20.9 Å². The van der Waals surface area contributed by atoms with Gasteiger partial charge in [0.25, 0.3) is 5.91 Å². The Hall–Kier alpha value is -2.75. The maximum atomic E-state index is 12.8. The predicted octanol–water partition coefficient (Wildman–Crippen LogP) is 3.18. The van der Waals surface area contributed by atoms with Crippen molar-refractivity contribution in [3.63, 3.8) is 0 Å². The molecule has 33 heavy (non-hydrogen) atoms. The molecule has 0 bridgehead atoms. The highest BCUT2D eigenvalue weighted by Crippen LogP contribution is 2.29. The Morgan fingerprint density at radius 2 is 1.94 bits per heavy atom. The monoisotopic (exact) mass is 506 g/mol. The zero-order chi connectivity index (χ0) is 23.7. The van der Waals surface area contributed by atoms with E-state index in [4.69, 9.17) is 23.2 Å². The van der Waals surface area contributed by atoms with Crippen LogP contribution in [0.4, 0.5) is 4.79 Å². The minimum atomic E-state index is -0.663. The Bertz CT molecular complexity index is 1160. The van der Waals surface area contributed by atoms with Crippen LogP contribution in [-0.2, 0) is 22.7 Å². The number of nitrogens with one attached hydrogen (secondary N) is 3. The molecule has 1 saturated heterocycles. The van der Waals surface area contributed by atoms with Gasteiger partial charge in [0.1, 0.15) is 6.04 Å². The molecule has 0 aliphatic carbocycles. The lowest BCUT2D eigenvalue weighted by molar-refractivity contribution is -0.136. The molecule has 2 aliphatic heterocycles. The van der Waals surface area contributed by atoms with Gasteiger partial charge >= 0.3 is 6.03 Å². The molecule has 0 saturated carbocycles. The summed E-state index contributed by atoms with van der Waals surface area (Å²) in [7, 11) is 0. The van der Waals surface area contributed by atoms with E-state index in [1.165, 1.54) is 4.90 Å². The van der Waals surface area contributed by atoms with Gasteiger partial charge < -0.3 is 15.5 Å². The number of halogens is 2. The topological polar surface area (TPSA) is 108 Å². The van der Waals surface area contributed by atoms with Crippen LogP contribution in [0.3, 0.4) is 0 Å². The zero-order valence-electron chi connectivity index (χ0n) is 17.2. The summed E-state index contributed by atoms with van der Waals surface area (Å²) >= 11 is 16.3. The van der Waals surface area contributed by atoms with Crippen LogP contribution in [0.2, 0.25) is 10.0 Å². The molecule has 8 nitrogen and oxygen atoms in total. The summed E-state index contributed by atoms with van der Waals surface area (Å²) in [6.45, 7) is 0.504. The lowest BCUT2D eigenvalue weighted by atomic mass is 10.0. The Balaban J connectivity index is 1.35. The number of urea groups is 1. The van der Waals surface area contributed by atoms with Crippen LogP contribution in [0.25, 0.3) is 0 Å². The Labute approximate surface area is 205 Å². The summed E-state index contributed by atoms with van der Waals surface area (Å²) in [5.41, 5.74) is 2.77. The second-order valence-electron chi connectivity index (χ2n) is 7.79. The van der Waals surface area contributed by atoms with Crippen LogP contribution in [0.1, 0.15) is 45.3 Å². The number of hydrogen-bond acceptors (Lipinski definition) is 5. The summed E-state index contributed by atoms with van der Waals surface area (Å²) in [6, 6.07) is 9.16. The highest BCUT2D eigenvalue weighted by Gasteiger charge is 2.39. The average molecular weight is 507 g/mol. The highest BCUT2D eigenvalue weighted by atomic mass is 35.5. The van der Waals surface area contributed by atoms with Crippen LogP contribution in [0.15, 0.2) is 36.4 Å². The van der Waals surface area contributed by atoms with Gasteiger partial charge in [0, 0.05) is 25.1 Å². The second-order valence-corrected chi connectivity index (χ2v) is 9.13. The van der Waals surface area contributed by atoms with E-state index in [0.29, 0.717) is 27.6 Å². The number of rotatable bonds is 5. The molecule has 2 aromatic carbocycles. The fourth-order valence-electron chi connectivity index (χ4n) is 3.86. The van der Waals surface area contributed by atoms with Crippen molar-refractivity contribution in [2.45, 2.75) is 37.3 Å². The van der Waals surface area contributed by atoms with Gasteiger partial charge in [-0.2, -0.15) is 0 Å². The van der Waals surface area contributed by atoms with E-state index >= 15 is 0 Å². The minimum absolute atomic E-state index is 0.204. The summed E-state index contributed by atoms with van der Waals surface area (Å²) < 4.78 is 0. The first-order valence-corrected chi connectivity index (χ1v) is 11.4. The van der Waals surface area contributed by atoms with Gasteiger partial charge in [-0.25, -0.2) is 4.79 Å². The van der Waals surface area contributed by atoms with Crippen LogP contribution < -0.4 is 16.0 Å². The SMILES string of the molecule is O=C1CCC(N2Cc3cc(CNC(=O)NC(S)c4ccc(Cl)c(Cl)c4)ccc3C2=O)C(=O)N1. The molecule has 0 spiro atoms. The van der Waals surface area contributed by atoms with E-state index in [1.54, 1.807) is 30.3 Å². The quantitative estimate of drug-likeness (QED) is 0.283. The molecule has 2 atom stereocenters. The van der Waals surface area contributed by atoms with Gasteiger partial charge in [0.2, 0.25) is 11.8 Å². The fourth-order valence-corrected chi connectivity index (χ4v) is 4.45. The number of imide groups is 1. The third-order valence-electron chi connectivity index (χ3n) is 5.57. The van der Waals surface area contributed by atoms with Crippen molar-refractivity contribution < 1.29 is 19.2 Å². The number of benzene rings is 2. The Kier molecular flexibility index (Phi) is 6.83. The number of hydrogen-bond donors (Lipinski definition) is 4. The van der Waals surface area contributed by atoms with E-state index < -0.39 is 23.4 Å². The average Bonchev–Trinajstić information content (AvgIpc) is 3.09. The van der Waals surface area contributed by atoms with Crippen LogP contribution in [-0.4, -0.2) is 34.7 Å². The van der Waals surface area contributed by atoms with E-state index in [0.717, 1.165) is 11.1 Å². The first-order valence-electron chi connectivity index (χ1n) is 10.2. The lowest BCUT2D eigenvalue weighted by Crippen LogP contribution is -2.52. The molecule has 2 aliphatic rings. The number of amides is 5. The summed E-state index contributed by atoms with van der Waals surface area (Å²) in [4.78, 5) is 50.1. The standard InChI is InChI=1S/C22H20Cl2N4O4S/c23-15-4-2-12(8-16(15)24)20(33)27-22(32)25-9-11-1-3-14-13(7-11)10-28(21(14)31)17-5-6-18(29)26-19(17)30/h1-4,7-8,17,20,33H,5-6,9-10H2,(H2,25,27,32)(H,26,29,30). The number of nitrogens with zero attached hydrogens (tertiary/aromatic N) is 1. The number of fused-ring (bicyclic) bond motifs is 1. The fraction of sp³-hybridized carbons (Fsp3) is 0.273. The molecular formula is C22H20Cl2N4O4S. The Morgan fingerprint density at radius 1 is 1.15 bits per heavy atom. The van der Waals surface area contributed by atoms with Crippen LogP contribution >= 0.6 is 35.8 Å². The number of carbonyl (C=O) groups excluding carboxylic acids is 4. The first-order chi connectivity index (χ1) is 15.7. The van der Waals surface area contributed by atoms with E-state index in [-0.39, 0.29) is 31.3 Å². The van der Waals surface area contributed by atoms with Gasteiger partial charge in [-0.3, -0.25) is 19.7 Å². The third kappa shape index (κ3) is 5.10. The summed E-state index contributed by atoms with van der Waals surface area (Å²) in [5.74, 6) is -1.01. The van der Waals surface area contributed by atoms with Crippen molar-refractivity contribution in [1.29, 1.82) is 0 Å². The largest absolute Gasteiger partial charge is 0.334 e. The molecule has 4 rings (SSSR count). The third-order valence-corrected chi connectivity index (χ3v) is 6.73. The summed E-state index contributed by atoms with van der Waals surface area (Å²) in [6.07, 6.45) is 0.512. The van der Waals surface area contributed by atoms with Crippen molar-refractivity contribution in [2.24, 2.45) is 0 Å². The van der Waals surface area contributed by atoms with Gasteiger partial charge in [0.15, 0.2) is 0 Å². The molecule has 172 valence electrons. The first kappa shape index (κ1) is 23.4. The number of piperidine rings is 1. The molecule has 2 aromatic rings. The minimum Gasteiger partial charge on any atom is -0.334 e. The number of carbonyl (C=O) groups is 4. The normalized spacial score (nSPS) is 18.6. The van der Waals surface area contributed by atoms with Gasteiger partial charge in [-0.15, -0.1) is 12.6 Å². The van der Waals surface area contributed by atoms with E-state index in [9.17, 15) is 19.2 Å². The number of thiol groups is 1. The van der Waals surface area contributed by atoms with Crippen LogP contribution in [0.5, 0.6) is 0 Å². The van der Waals surface area contributed by atoms with Crippen LogP contribution in [0, 0.1) is 0 Å². The highest BCUT2D eigenvalue weighted by molar-refractivity contribution is 7.80. The van der Waals surface area contributed by atoms with Crippen molar-refractivity contribution in [3.8, 4) is 0 Å². The molecule has 2 heterocycles. The maximum Gasteiger partial charge on any atom is 0.316 e. The van der Waals surface area contributed by atoms with E-state index in [1.807, 2.05) is 6.07 Å². The van der Waals surface area contributed by atoms with Crippen molar-refractivity contribution >= 4 is 59.6 Å². The summed E-state index contributed by atoms with van der Waals surface area (Å²) in [5, 5.41) is 7.95. The molecular weight excluding hydrogens is 487 g/mol.